The van der Waals surface area contributed by atoms with Gasteiger partial charge in [-0.3, -0.25) is 14.4 Å². The summed E-state index contributed by atoms with van der Waals surface area (Å²) in [6.07, 6.45) is 90.9. The van der Waals surface area contributed by atoms with Crippen LogP contribution in [-0.2, 0) is 28.6 Å². The highest BCUT2D eigenvalue weighted by atomic mass is 16.6. The van der Waals surface area contributed by atoms with Crippen molar-refractivity contribution in [3.8, 4) is 0 Å². The molecule has 0 amide bonds. The lowest BCUT2D eigenvalue weighted by atomic mass is 10.1. The van der Waals surface area contributed by atoms with Crippen LogP contribution in [0, 0.1) is 0 Å². The van der Waals surface area contributed by atoms with E-state index >= 15 is 0 Å². The van der Waals surface area contributed by atoms with Gasteiger partial charge in [-0.25, -0.2) is 0 Å². The summed E-state index contributed by atoms with van der Waals surface area (Å²) < 4.78 is 16.8. The number of rotatable bonds is 53. The van der Waals surface area contributed by atoms with Gasteiger partial charge in [0, 0.05) is 19.3 Å². The molecule has 426 valence electrons. The predicted octanol–water partition coefficient (Wildman–Crippen LogP) is 20.9. The topological polar surface area (TPSA) is 78.9 Å². The molecule has 0 rings (SSSR count). The maximum atomic E-state index is 12.9. The fourth-order valence-electron chi connectivity index (χ4n) is 7.75. The zero-order valence-electron chi connectivity index (χ0n) is 48.7. The molecule has 0 N–H and O–H groups in total. The van der Waals surface area contributed by atoms with Crippen molar-refractivity contribution in [1.82, 2.24) is 0 Å². The first-order valence-electron chi connectivity index (χ1n) is 30.5. The zero-order valence-corrected chi connectivity index (χ0v) is 48.7. The lowest BCUT2D eigenvalue weighted by molar-refractivity contribution is -0.167. The van der Waals surface area contributed by atoms with Gasteiger partial charge in [0.2, 0.25) is 0 Å². The quantitative estimate of drug-likeness (QED) is 0.0261. The number of hydrogen-bond acceptors (Lipinski definition) is 6. The Kier molecular flexibility index (Phi) is 58.5. The van der Waals surface area contributed by atoms with E-state index in [2.05, 4.69) is 179 Å². The standard InChI is InChI=1S/C70H110O6/c1-4-7-10-13-16-19-22-25-28-31-33-34-35-36-38-39-42-45-48-51-54-57-60-63-69(72)75-66-67(65-74-68(71)62-59-56-53-50-47-44-41-30-27-24-21-18-15-12-9-6-3)76-70(73)64-61-58-55-52-49-46-43-40-37-32-29-26-23-20-17-14-11-8-5-2/h7-8,10-11,16-17,19-21,24-26,28-30,33-34,36-38,40-42,45,51,54,67H,4-6,9,12-15,18,22-23,27,31-32,35,39,43-44,46-50,52-53,55-66H2,1-3H3/b10-7-,11-8-,19-16-,20-17-,24-21-,28-25-,29-26-,34-33-,38-36-,40-37-,41-30-,45-42-,54-51-. The van der Waals surface area contributed by atoms with E-state index in [0.29, 0.717) is 12.8 Å². The molecule has 0 spiro atoms. The Morgan fingerprint density at radius 1 is 0.276 bits per heavy atom. The van der Waals surface area contributed by atoms with Crippen LogP contribution in [0.5, 0.6) is 0 Å². The Balaban J connectivity index is 4.56. The van der Waals surface area contributed by atoms with Crippen molar-refractivity contribution >= 4 is 17.9 Å². The summed E-state index contributed by atoms with van der Waals surface area (Å²) in [4.78, 5) is 38.3. The van der Waals surface area contributed by atoms with Crippen molar-refractivity contribution in [3.63, 3.8) is 0 Å². The van der Waals surface area contributed by atoms with Crippen LogP contribution in [0.15, 0.2) is 158 Å². The van der Waals surface area contributed by atoms with E-state index in [1.807, 2.05) is 0 Å². The summed E-state index contributed by atoms with van der Waals surface area (Å²) in [5, 5.41) is 0. The highest BCUT2D eigenvalue weighted by Crippen LogP contribution is 2.13. The third kappa shape index (κ3) is 59.9. The largest absolute Gasteiger partial charge is 0.462 e. The maximum Gasteiger partial charge on any atom is 0.306 e. The van der Waals surface area contributed by atoms with Gasteiger partial charge < -0.3 is 14.2 Å². The van der Waals surface area contributed by atoms with Crippen molar-refractivity contribution in [2.45, 2.75) is 252 Å². The molecule has 0 fully saturated rings. The Labute approximate surface area is 467 Å². The lowest BCUT2D eigenvalue weighted by Crippen LogP contribution is -2.30. The highest BCUT2D eigenvalue weighted by molar-refractivity contribution is 5.71. The molecule has 0 radical (unpaired) electrons. The molecule has 0 saturated heterocycles. The Morgan fingerprint density at radius 2 is 0.526 bits per heavy atom. The average molecular weight is 1050 g/mol. The van der Waals surface area contributed by atoms with Crippen LogP contribution in [0.4, 0.5) is 0 Å². The maximum absolute atomic E-state index is 12.9. The fraction of sp³-hybridized carbons (Fsp3) is 0.586. The molecule has 0 heterocycles. The molecule has 0 aliphatic heterocycles. The van der Waals surface area contributed by atoms with Gasteiger partial charge in [0.15, 0.2) is 6.10 Å². The molecular formula is C70H110O6. The van der Waals surface area contributed by atoms with E-state index in [9.17, 15) is 14.4 Å². The number of allylic oxidation sites excluding steroid dienone is 26. The van der Waals surface area contributed by atoms with Crippen LogP contribution in [0.3, 0.4) is 0 Å². The summed E-state index contributed by atoms with van der Waals surface area (Å²) in [6, 6.07) is 0. The first-order chi connectivity index (χ1) is 37.5. The third-order valence-electron chi connectivity index (χ3n) is 12.2. The van der Waals surface area contributed by atoms with E-state index in [1.54, 1.807) is 0 Å². The first-order valence-corrected chi connectivity index (χ1v) is 30.5. The molecule has 0 saturated carbocycles. The summed E-state index contributed by atoms with van der Waals surface area (Å²) in [6.45, 7) is 6.32. The van der Waals surface area contributed by atoms with Gasteiger partial charge in [0.25, 0.3) is 0 Å². The van der Waals surface area contributed by atoms with Crippen molar-refractivity contribution in [1.29, 1.82) is 0 Å². The second kappa shape index (κ2) is 62.6. The number of carbonyl (C=O) groups excluding carboxylic acids is 3. The third-order valence-corrected chi connectivity index (χ3v) is 12.2. The molecule has 1 unspecified atom stereocenters. The minimum Gasteiger partial charge on any atom is -0.462 e. The Bertz CT molecular complexity index is 1720. The monoisotopic (exact) mass is 1050 g/mol. The van der Waals surface area contributed by atoms with E-state index in [0.717, 1.165) is 154 Å². The van der Waals surface area contributed by atoms with Gasteiger partial charge in [-0.05, 0) is 141 Å². The second-order valence-corrected chi connectivity index (χ2v) is 19.5. The minimum absolute atomic E-state index is 0.116. The van der Waals surface area contributed by atoms with Gasteiger partial charge in [0.1, 0.15) is 13.2 Å². The molecule has 1 atom stereocenters. The molecule has 76 heavy (non-hydrogen) atoms. The van der Waals surface area contributed by atoms with Crippen LogP contribution in [0.1, 0.15) is 245 Å². The van der Waals surface area contributed by atoms with Crippen LogP contribution < -0.4 is 0 Å². The van der Waals surface area contributed by atoms with Gasteiger partial charge in [0.05, 0.1) is 0 Å². The Morgan fingerprint density at radius 3 is 0.855 bits per heavy atom. The number of carbonyl (C=O) groups is 3. The van der Waals surface area contributed by atoms with Crippen LogP contribution in [0.25, 0.3) is 0 Å². The number of ether oxygens (including phenoxy) is 3. The second-order valence-electron chi connectivity index (χ2n) is 19.5. The predicted molar refractivity (Wildman–Crippen MR) is 329 cm³/mol. The summed E-state index contributed by atoms with van der Waals surface area (Å²) in [5.41, 5.74) is 0. The van der Waals surface area contributed by atoms with Gasteiger partial charge in [-0.15, -0.1) is 0 Å². The molecular weight excluding hydrogens is 937 g/mol. The molecule has 0 aromatic carbocycles. The molecule has 6 nitrogen and oxygen atoms in total. The number of esters is 3. The molecule has 0 aromatic heterocycles. The van der Waals surface area contributed by atoms with E-state index in [1.165, 1.54) is 44.9 Å². The van der Waals surface area contributed by atoms with E-state index in [4.69, 9.17) is 14.2 Å². The number of unbranched alkanes of at least 4 members (excludes halogenated alkanes) is 16. The fourth-order valence-corrected chi connectivity index (χ4v) is 7.75. The summed E-state index contributed by atoms with van der Waals surface area (Å²) in [5.74, 6) is -1.01. The van der Waals surface area contributed by atoms with Gasteiger partial charge in [-0.2, -0.15) is 0 Å². The molecule has 0 aliphatic rings. The molecule has 0 aliphatic carbocycles. The summed E-state index contributed by atoms with van der Waals surface area (Å²) >= 11 is 0. The average Bonchev–Trinajstić information content (AvgIpc) is 3.42. The molecule has 6 heteroatoms. The number of hydrogen-bond donors (Lipinski definition) is 0. The van der Waals surface area contributed by atoms with Crippen molar-refractivity contribution in [2.24, 2.45) is 0 Å². The molecule has 0 bridgehead atoms. The van der Waals surface area contributed by atoms with Crippen molar-refractivity contribution < 1.29 is 28.6 Å². The molecule has 0 aromatic rings. The van der Waals surface area contributed by atoms with Crippen molar-refractivity contribution in [3.05, 3.63) is 158 Å². The summed E-state index contributed by atoms with van der Waals surface area (Å²) in [7, 11) is 0. The van der Waals surface area contributed by atoms with Gasteiger partial charge in [-0.1, -0.05) is 243 Å². The smallest absolute Gasteiger partial charge is 0.306 e. The van der Waals surface area contributed by atoms with Crippen LogP contribution >= 0.6 is 0 Å². The van der Waals surface area contributed by atoms with Gasteiger partial charge >= 0.3 is 17.9 Å². The van der Waals surface area contributed by atoms with E-state index in [-0.39, 0.29) is 44.0 Å². The minimum atomic E-state index is -0.825. The highest BCUT2D eigenvalue weighted by Gasteiger charge is 2.19. The van der Waals surface area contributed by atoms with Crippen LogP contribution in [0.2, 0.25) is 0 Å². The van der Waals surface area contributed by atoms with Crippen LogP contribution in [-0.4, -0.2) is 37.2 Å². The zero-order chi connectivity index (χ0) is 55.0. The first kappa shape index (κ1) is 71.0. The Hall–Kier alpha value is -4.97. The lowest BCUT2D eigenvalue weighted by Gasteiger charge is -2.18. The SMILES string of the molecule is CC/C=C\C/C=C\C/C=C\C/C=C\C/C=C\C/C=C\C/C=C\CCCC(=O)OCC(COC(=O)CCCCCCC/C=C\C/C=C\CCCCCC)OC(=O)CCCCCCCC/C=C\C/C=C\C/C=C\C/C=C\CC. The normalized spacial score (nSPS) is 13.2. The van der Waals surface area contributed by atoms with E-state index < -0.39 is 6.10 Å². The van der Waals surface area contributed by atoms with Crippen molar-refractivity contribution in [2.75, 3.05) is 13.2 Å².